The lowest BCUT2D eigenvalue weighted by Crippen LogP contribution is -2.49. The van der Waals surface area contributed by atoms with Crippen LogP contribution in [-0.2, 0) is 10.0 Å². The molecule has 0 spiro atoms. The van der Waals surface area contributed by atoms with Crippen molar-refractivity contribution in [3.8, 4) is 5.75 Å². The van der Waals surface area contributed by atoms with Gasteiger partial charge in [-0.3, -0.25) is 10.1 Å². The number of hydrogen-bond acceptors (Lipinski definition) is 8. The van der Waals surface area contributed by atoms with E-state index in [4.69, 9.17) is 16.3 Å². The number of nitro groups is 1. The van der Waals surface area contributed by atoms with E-state index < -0.39 is 32.7 Å². The Hall–Kier alpha value is -2.96. The Balaban J connectivity index is 1.80. The molecular formula is C17H16ClN5O6S. The molecule has 0 saturated heterocycles. The molecule has 30 heavy (non-hydrogen) atoms. The molecule has 2 aromatic rings. The van der Waals surface area contributed by atoms with Crippen molar-refractivity contribution in [2.24, 2.45) is 4.99 Å². The molecule has 0 amide bonds. The Labute approximate surface area is 176 Å². The van der Waals surface area contributed by atoms with E-state index in [-0.39, 0.29) is 33.1 Å². The Kier molecular flexibility index (Phi) is 4.60. The third-order valence-corrected chi connectivity index (χ3v) is 6.31. The molecule has 4 rings (SSSR count). The highest BCUT2D eigenvalue weighted by atomic mass is 35.5. The summed E-state index contributed by atoms with van der Waals surface area (Å²) in [7, 11) is -4.00. The highest BCUT2D eigenvalue weighted by molar-refractivity contribution is 7.90. The van der Waals surface area contributed by atoms with E-state index in [1.165, 1.54) is 30.5 Å². The number of sulfonamides is 1. The molecule has 1 aromatic carbocycles. The van der Waals surface area contributed by atoms with E-state index in [0.717, 1.165) is 0 Å². The number of anilines is 1. The molecule has 11 nitrogen and oxygen atoms in total. The minimum Gasteiger partial charge on any atom is -0.484 e. The number of nitrogens with zero attached hydrogens (tertiary/aromatic N) is 3. The van der Waals surface area contributed by atoms with Crippen molar-refractivity contribution in [2.75, 3.05) is 5.32 Å². The van der Waals surface area contributed by atoms with Gasteiger partial charge < -0.3 is 15.2 Å². The number of non-ortho nitro benzene ring substituents is 1. The number of halogens is 1. The highest BCUT2D eigenvalue weighted by Crippen LogP contribution is 2.43. The van der Waals surface area contributed by atoms with Gasteiger partial charge >= 0.3 is 0 Å². The predicted molar refractivity (Wildman–Crippen MR) is 107 cm³/mol. The fourth-order valence-corrected chi connectivity index (χ4v) is 4.57. The normalized spacial score (nSPS) is 24.6. The largest absolute Gasteiger partial charge is 0.484 e. The number of guanidine groups is 1. The van der Waals surface area contributed by atoms with E-state index in [1.807, 2.05) is 0 Å². The number of ether oxygens (including phenoxy) is 1. The summed E-state index contributed by atoms with van der Waals surface area (Å²) in [6, 6.07) is 4.20. The highest BCUT2D eigenvalue weighted by Gasteiger charge is 2.44. The summed E-state index contributed by atoms with van der Waals surface area (Å²) in [6.07, 6.45) is 0.108. The fourth-order valence-electron chi connectivity index (χ4n) is 3.24. The zero-order valence-corrected chi connectivity index (χ0v) is 17.2. The lowest BCUT2D eigenvalue weighted by molar-refractivity contribution is -0.385. The number of nitro benzene ring substituents is 1. The van der Waals surface area contributed by atoms with Gasteiger partial charge in [0.15, 0.2) is 5.82 Å². The Bertz CT molecular complexity index is 1200. The molecule has 0 aliphatic carbocycles. The molecular weight excluding hydrogens is 438 g/mol. The molecule has 13 heteroatoms. The van der Waals surface area contributed by atoms with Crippen molar-refractivity contribution in [2.45, 2.75) is 36.5 Å². The topological polar surface area (TPSA) is 156 Å². The summed E-state index contributed by atoms with van der Waals surface area (Å²) < 4.78 is 33.1. The number of fused-ring (bicyclic) bond motifs is 2. The van der Waals surface area contributed by atoms with Crippen LogP contribution in [0.15, 0.2) is 40.4 Å². The fraction of sp³-hybridized carbons (Fsp3) is 0.294. The van der Waals surface area contributed by atoms with Gasteiger partial charge in [0.1, 0.15) is 28.4 Å². The lowest BCUT2D eigenvalue weighted by atomic mass is 9.87. The average molecular weight is 454 g/mol. The van der Waals surface area contributed by atoms with Crippen molar-refractivity contribution in [1.82, 2.24) is 9.71 Å². The number of pyridine rings is 1. The lowest BCUT2D eigenvalue weighted by Gasteiger charge is -2.40. The van der Waals surface area contributed by atoms with Crippen molar-refractivity contribution >= 4 is 39.1 Å². The number of aliphatic imine (C=N–C) groups is 1. The summed E-state index contributed by atoms with van der Waals surface area (Å²) >= 11 is 5.83. The van der Waals surface area contributed by atoms with Crippen LogP contribution in [0.2, 0.25) is 5.02 Å². The molecule has 1 aromatic heterocycles. The van der Waals surface area contributed by atoms with Crippen LogP contribution in [0.5, 0.6) is 5.75 Å². The number of hydrogen-bond donors (Lipinski definition) is 3. The van der Waals surface area contributed by atoms with Crippen molar-refractivity contribution < 1.29 is 23.2 Å². The third-order valence-electron chi connectivity index (χ3n) is 4.76. The van der Waals surface area contributed by atoms with Crippen LogP contribution in [0.4, 0.5) is 11.5 Å². The first kappa shape index (κ1) is 20.3. The first-order valence-electron chi connectivity index (χ1n) is 8.66. The van der Waals surface area contributed by atoms with Gasteiger partial charge in [-0.15, -0.1) is 0 Å². The summed E-state index contributed by atoms with van der Waals surface area (Å²) in [5, 5.41) is 24.8. The average Bonchev–Trinajstić information content (AvgIpc) is 2.65. The summed E-state index contributed by atoms with van der Waals surface area (Å²) in [4.78, 5) is 18.7. The number of benzene rings is 1. The first-order valence-corrected chi connectivity index (χ1v) is 10.5. The van der Waals surface area contributed by atoms with E-state index in [0.29, 0.717) is 5.56 Å². The van der Waals surface area contributed by atoms with Gasteiger partial charge in [-0.1, -0.05) is 11.6 Å². The second-order valence-electron chi connectivity index (χ2n) is 7.28. The zero-order chi connectivity index (χ0) is 21.8. The van der Waals surface area contributed by atoms with Gasteiger partial charge in [0.2, 0.25) is 5.96 Å². The Morgan fingerprint density at radius 1 is 1.37 bits per heavy atom. The van der Waals surface area contributed by atoms with E-state index in [9.17, 15) is 23.6 Å². The van der Waals surface area contributed by atoms with Gasteiger partial charge in [0.25, 0.3) is 15.7 Å². The van der Waals surface area contributed by atoms with Gasteiger partial charge in [-0.05, 0) is 26.0 Å². The molecule has 2 aliphatic rings. The van der Waals surface area contributed by atoms with E-state index in [2.05, 4.69) is 20.0 Å². The van der Waals surface area contributed by atoms with Crippen LogP contribution >= 0.6 is 11.6 Å². The van der Waals surface area contributed by atoms with Crippen LogP contribution in [0.1, 0.15) is 25.5 Å². The number of rotatable bonds is 2. The van der Waals surface area contributed by atoms with Crippen LogP contribution < -0.4 is 14.8 Å². The molecule has 1 unspecified atom stereocenters. The molecule has 0 bridgehead atoms. The quantitative estimate of drug-likeness (QED) is 0.460. The van der Waals surface area contributed by atoms with Gasteiger partial charge in [0.05, 0.1) is 16.0 Å². The molecule has 0 radical (unpaired) electrons. The molecule has 3 heterocycles. The zero-order valence-electron chi connectivity index (χ0n) is 15.7. The van der Waals surface area contributed by atoms with Gasteiger partial charge in [0, 0.05) is 17.8 Å². The van der Waals surface area contributed by atoms with E-state index >= 15 is 0 Å². The number of aromatic nitrogens is 1. The van der Waals surface area contributed by atoms with Crippen LogP contribution in [-0.4, -0.2) is 41.1 Å². The standard InChI is InChI=1S/C17H16ClN5O6S/c1-17(2)14(24)13(10-4-3-9(23(25)26)6-11(10)29-17)20-16-21-15-12(30(27,28)22-16)5-8(18)7-19-15/h3-7,13-14,24H,1-2H3,(H2,19,20,21,22)/t13?,14-/m0/s1. The van der Waals surface area contributed by atoms with Crippen LogP contribution in [0.25, 0.3) is 0 Å². The monoisotopic (exact) mass is 453 g/mol. The maximum atomic E-state index is 12.6. The first-order chi connectivity index (χ1) is 14.0. The second-order valence-corrected chi connectivity index (χ2v) is 9.37. The Morgan fingerprint density at radius 3 is 2.80 bits per heavy atom. The SMILES string of the molecule is CC1(C)Oc2cc([N+](=O)[O-])ccc2C(N=C2Nc3ncc(Cl)cc3S(=O)(=O)N2)[C@@H]1O. The number of aliphatic hydroxyl groups excluding tert-OH is 1. The third kappa shape index (κ3) is 3.42. The molecule has 3 N–H and O–H groups in total. The molecule has 0 saturated carbocycles. The Morgan fingerprint density at radius 2 is 2.10 bits per heavy atom. The summed E-state index contributed by atoms with van der Waals surface area (Å²) in [5.74, 6) is 0.0443. The predicted octanol–water partition coefficient (Wildman–Crippen LogP) is 1.98. The second kappa shape index (κ2) is 6.79. The van der Waals surface area contributed by atoms with Crippen molar-refractivity contribution in [1.29, 1.82) is 0 Å². The maximum absolute atomic E-state index is 12.6. The van der Waals surface area contributed by atoms with E-state index in [1.54, 1.807) is 13.8 Å². The summed E-state index contributed by atoms with van der Waals surface area (Å²) in [6.45, 7) is 3.20. The summed E-state index contributed by atoms with van der Waals surface area (Å²) in [5.41, 5.74) is -0.955. The smallest absolute Gasteiger partial charge is 0.273 e. The molecule has 0 fully saturated rings. The van der Waals surface area contributed by atoms with Crippen LogP contribution in [0.3, 0.4) is 0 Å². The molecule has 2 atom stereocenters. The van der Waals surface area contributed by atoms with Crippen LogP contribution in [0, 0.1) is 10.1 Å². The molecule has 2 aliphatic heterocycles. The number of nitrogens with one attached hydrogen (secondary N) is 2. The van der Waals surface area contributed by atoms with Crippen molar-refractivity contribution in [3.63, 3.8) is 0 Å². The van der Waals surface area contributed by atoms with Gasteiger partial charge in [-0.25, -0.2) is 23.1 Å². The minimum absolute atomic E-state index is 0.0293. The number of aliphatic hydroxyl groups is 1. The maximum Gasteiger partial charge on any atom is 0.273 e. The minimum atomic E-state index is -4.00. The van der Waals surface area contributed by atoms with Crippen molar-refractivity contribution in [3.05, 3.63) is 51.2 Å². The molecule has 158 valence electrons. The van der Waals surface area contributed by atoms with Gasteiger partial charge in [-0.2, -0.15) is 0 Å².